The lowest BCUT2D eigenvalue weighted by molar-refractivity contribution is 0.1000. The predicted octanol–water partition coefficient (Wildman–Crippen LogP) is 1.74. The molecular formula is C13H18N2O. The van der Waals surface area contributed by atoms with E-state index >= 15 is 0 Å². The lowest BCUT2D eigenvalue weighted by Gasteiger charge is -2.13. The maximum absolute atomic E-state index is 11.0. The molecule has 0 spiro atoms. The van der Waals surface area contributed by atoms with Gasteiger partial charge in [-0.25, -0.2) is 0 Å². The fourth-order valence-electron chi connectivity index (χ4n) is 1.72. The quantitative estimate of drug-likeness (QED) is 0.808. The Bertz CT molecular complexity index is 422. The van der Waals surface area contributed by atoms with Gasteiger partial charge in [0.25, 0.3) is 0 Å². The van der Waals surface area contributed by atoms with Crippen LogP contribution in [-0.4, -0.2) is 11.4 Å². The normalized spacial score (nSPS) is 17.1. The minimum Gasteiger partial charge on any atom is -0.366 e. The van der Waals surface area contributed by atoms with E-state index in [1.165, 1.54) is 18.4 Å². The topological polar surface area (TPSA) is 55.1 Å². The molecule has 1 aromatic rings. The average molecular weight is 218 g/mol. The molecule has 0 aliphatic heterocycles. The summed E-state index contributed by atoms with van der Waals surface area (Å²) in [7, 11) is 0. The molecule has 0 aromatic heterocycles. The molecule has 1 saturated carbocycles. The van der Waals surface area contributed by atoms with E-state index in [1.54, 1.807) is 6.07 Å². The standard InChI is InChI=1S/C13H18N2O/c1-9-7-10(12(14)16)3-4-11(9)8-15-13(2)5-6-13/h3-4,7,15H,5-6,8H2,1-2H3,(H2,14,16). The van der Waals surface area contributed by atoms with Crippen LogP contribution in [0.15, 0.2) is 18.2 Å². The van der Waals surface area contributed by atoms with Crippen LogP contribution in [0.4, 0.5) is 0 Å². The van der Waals surface area contributed by atoms with E-state index in [1.807, 2.05) is 19.1 Å². The first-order chi connectivity index (χ1) is 7.50. The second-order valence-electron chi connectivity index (χ2n) is 4.92. The number of nitrogens with two attached hydrogens (primary N) is 1. The van der Waals surface area contributed by atoms with Crippen LogP contribution >= 0.6 is 0 Å². The third kappa shape index (κ3) is 2.42. The molecule has 1 aliphatic rings. The molecule has 1 aromatic carbocycles. The van der Waals surface area contributed by atoms with Crippen molar-refractivity contribution in [1.82, 2.24) is 5.32 Å². The third-order valence-electron chi connectivity index (χ3n) is 3.33. The first-order valence-electron chi connectivity index (χ1n) is 5.65. The number of nitrogens with one attached hydrogen (secondary N) is 1. The van der Waals surface area contributed by atoms with Gasteiger partial charge in [-0.1, -0.05) is 6.07 Å². The zero-order valence-electron chi connectivity index (χ0n) is 9.84. The van der Waals surface area contributed by atoms with Crippen molar-refractivity contribution >= 4 is 5.91 Å². The van der Waals surface area contributed by atoms with E-state index in [0.29, 0.717) is 11.1 Å². The van der Waals surface area contributed by atoms with Crippen molar-refractivity contribution in [3.8, 4) is 0 Å². The number of carbonyl (C=O) groups is 1. The third-order valence-corrected chi connectivity index (χ3v) is 3.33. The van der Waals surface area contributed by atoms with Crippen LogP contribution in [0.25, 0.3) is 0 Å². The number of primary amides is 1. The van der Waals surface area contributed by atoms with Crippen LogP contribution in [0.1, 0.15) is 41.3 Å². The number of aryl methyl sites for hydroxylation is 1. The summed E-state index contributed by atoms with van der Waals surface area (Å²) in [5.41, 5.74) is 8.51. The number of benzene rings is 1. The summed E-state index contributed by atoms with van der Waals surface area (Å²) in [5, 5.41) is 3.52. The molecule has 16 heavy (non-hydrogen) atoms. The maximum Gasteiger partial charge on any atom is 0.248 e. The predicted molar refractivity (Wildman–Crippen MR) is 64.2 cm³/mol. The van der Waals surface area contributed by atoms with Gasteiger partial charge >= 0.3 is 0 Å². The number of carbonyl (C=O) groups excluding carboxylic acids is 1. The van der Waals surface area contributed by atoms with E-state index < -0.39 is 0 Å². The molecule has 1 amide bonds. The van der Waals surface area contributed by atoms with Crippen molar-refractivity contribution in [3.05, 3.63) is 34.9 Å². The van der Waals surface area contributed by atoms with E-state index in [0.717, 1.165) is 12.1 Å². The summed E-state index contributed by atoms with van der Waals surface area (Å²) < 4.78 is 0. The molecule has 2 rings (SSSR count). The van der Waals surface area contributed by atoms with Gasteiger partial charge in [0, 0.05) is 17.6 Å². The van der Waals surface area contributed by atoms with Gasteiger partial charge in [-0.3, -0.25) is 4.79 Å². The Morgan fingerprint density at radius 3 is 2.69 bits per heavy atom. The van der Waals surface area contributed by atoms with Crippen LogP contribution in [0, 0.1) is 6.92 Å². The Labute approximate surface area is 96.0 Å². The van der Waals surface area contributed by atoms with Crippen molar-refractivity contribution in [2.75, 3.05) is 0 Å². The van der Waals surface area contributed by atoms with Crippen molar-refractivity contribution in [2.45, 2.75) is 38.8 Å². The smallest absolute Gasteiger partial charge is 0.248 e. The van der Waals surface area contributed by atoms with Crippen LogP contribution < -0.4 is 11.1 Å². The van der Waals surface area contributed by atoms with Gasteiger partial charge in [0.05, 0.1) is 0 Å². The Balaban J connectivity index is 2.07. The Kier molecular flexibility index (Phi) is 2.72. The Hall–Kier alpha value is -1.35. The van der Waals surface area contributed by atoms with E-state index in [9.17, 15) is 4.79 Å². The molecule has 1 fully saturated rings. The number of rotatable bonds is 4. The Morgan fingerprint density at radius 1 is 1.50 bits per heavy atom. The van der Waals surface area contributed by atoms with Crippen molar-refractivity contribution in [1.29, 1.82) is 0 Å². The molecule has 86 valence electrons. The Morgan fingerprint density at radius 2 is 2.19 bits per heavy atom. The molecule has 3 N–H and O–H groups in total. The summed E-state index contributed by atoms with van der Waals surface area (Å²) in [6.07, 6.45) is 2.51. The highest BCUT2D eigenvalue weighted by Crippen LogP contribution is 2.34. The van der Waals surface area contributed by atoms with Gasteiger partial charge in [0.2, 0.25) is 5.91 Å². The fraction of sp³-hybridized carbons (Fsp3) is 0.462. The molecule has 3 heteroatoms. The van der Waals surface area contributed by atoms with Gasteiger partial charge in [-0.05, 0) is 49.9 Å². The summed E-state index contributed by atoms with van der Waals surface area (Å²) in [5.74, 6) is -0.364. The first kappa shape index (κ1) is 11.1. The van der Waals surface area contributed by atoms with Crippen LogP contribution in [0.3, 0.4) is 0 Å². The molecule has 0 saturated heterocycles. The van der Waals surface area contributed by atoms with Crippen molar-refractivity contribution < 1.29 is 4.79 Å². The number of hydrogen-bond acceptors (Lipinski definition) is 2. The number of hydrogen-bond donors (Lipinski definition) is 2. The molecule has 0 atom stereocenters. The van der Waals surface area contributed by atoms with Crippen molar-refractivity contribution in [3.63, 3.8) is 0 Å². The van der Waals surface area contributed by atoms with E-state index in [2.05, 4.69) is 12.2 Å². The summed E-state index contributed by atoms with van der Waals surface area (Å²) in [4.78, 5) is 11.0. The minimum absolute atomic E-state index is 0.342. The number of amides is 1. The maximum atomic E-state index is 11.0. The SMILES string of the molecule is Cc1cc(C(N)=O)ccc1CNC1(C)CC1. The molecule has 0 heterocycles. The molecule has 0 radical (unpaired) electrons. The van der Waals surface area contributed by atoms with E-state index in [-0.39, 0.29) is 5.91 Å². The first-order valence-corrected chi connectivity index (χ1v) is 5.65. The highest BCUT2D eigenvalue weighted by Gasteiger charge is 2.36. The average Bonchev–Trinajstić information content (AvgIpc) is 2.95. The zero-order chi connectivity index (χ0) is 11.8. The summed E-state index contributed by atoms with van der Waals surface area (Å²) >= 11 is 0. The molecular weight excluding hydrogens is 200 g/mol. The van der Waals surface area contributed by atoms with Gasteiger partial charge in [0.1, 0.15) is 0 Å². The second kappa shape index (κ2) is 3.91. The zero-order valence-corrected chi connectivity index (χ0v) is 9.84. The molecule has 3 nitrogen and oxygen atoms in total. The summed E-state index contributed by atoms with van der Waals surface area (Å²) in [6.45, 7) is 5.11. The second-order valence-corrected chi connectivity index (χ2v) is 4.92. The van der Waals surface area contributed by atoms with Crippen LogP contribution in [0.2, 0.25) is 0 Å². The highest BCUT2D eigenvalue weighted by atomic mass is 16.1. The monoisotopic (exact) mass is 218 g/mol. The molecule has 1 aliphatic carbocycles. The fourth-order valence-corrected chi connectivity index (χ4v) is 1.72. The highest BCUT2D eigenvalue weighted by molar-refractivity contribution is 5.93. The van der Waals surface area contributed by atoms with Gasteiger partial charge in [-0.2, -0.15) is 0 Å². The molecule has 0 bridgehead atoms. The van der Waals surface area contributed by atoms with Gasteiger partial charge < -0.3 is 11.1 Å². The lowest BCUT2D eigenvalue weighted by Crippen LogP contribution is -2.27. The minimum atomic E-state index is -0.364. The largest absolute Gasteiger partial charge is 0.366 e. The van der Waals surface area contributed by atoms with E-state index in [4.69, 9.17) is 5.73 Å². The molecule has 0 unspecified atom stereocenters. The summed E-state index contributed by atoms with van der Waals surface area (Å²) in [6, 6.07) is 5.63. The van der Waals surface area contributed by atoms with Gasteiger partial charge in [0.15, 0.2) is 0 Å². The van der Waals surface area contributed by atoms with Crippen LogP contribution in [0.5, 0.6) is 0 Å². The van der Waals surface area contributed by atoms with Crippen LogP contribution in [-0.2, 0) is 6.54 Å². The van der Waals surface area contributed by atoms with Crippen molar-refractivity contribution in [2.24, 2.45) is 5.73 Å². The lowest BCUT2D eigenvalue weighted by atomic mass is 10.0. The van der Waals surface area contributed by atoms with Gasteiger partial charge in [-0.15, -0.1) is 0 Å².